The molecule has 1 aromatic heterocycles. The van der Waals surface area contributed by atoms with Gasteiger partial charge in [0.05, 0.1) is 7.11 Å². The molecule has 6 nitrogen and oxygen atoms in total. The minimum absolute atomic E-state index is 0.174. The smallest absolute Gasteiger partial charge is 0.341 e. The minimum Gasteiger partial charge on any atom is -0.506 e. The molecule has 31 heavy (non-hydrogen) atoms. The van der Waals surface area contributed by atoms with Crippen LogP contribution in [0.5, 0.6) is 0 Å². The normalized spacial score (nSPS) is 13.2. The van der Waals surface area contributed by atoms with Gasteiger partial charge < -0.3 is 9.84 Å². The number of hydrogen-bond acceptors (Lipinski definition) is 7. The number of ketones is 1. The molecule has 0 amide bonds. The SMILES string of the molecule is COC(=O)c1c(/N=C(\C#N)C2=C(O)c3ccccc3C2=O)sc(C)c1-c1ccccc1. The van der Waals surface area contributed by atoms with Crippen LogP contribution in [0.15, 0.2) is 65.2 Å². The first-order valence-electron chi connectivity index (χ1n) is 9.31. The zero-order valence-corrected chi connectivity index (χ0v) is 17.5. The van der Waals surface area contributed by atoms with Crippen molar-refractivity contribution in [2.75, 3.05) is 7.11 Å². The Morgan fingerprint density at radius 1 is 1.10 bits per heavy atom. The quantitative estimate of drug-likeness (QED) is 0.451. The number of Topliss-reactive ketones (excluding diaryl/α,β-unsaturated/α-hetero) is 1. The van der Waals surface area contributed by atoms with Gasteiger partial charge in [0.1, 0.15) is 28.0 Å². The molecule has 3 aromatic rings. The van der Waals surface area contributed by atoms with Crippen molar-refractivity contribution in [3.63, 3.8) is 0 Å². The Balaban J connectivity index is 1.91. The average Bonchev–Trinajstić information content (AvgIpc) is 3.25. The number of hydrogen-bond donors (Lipinski definition) is 1. The fourth-order valence-electron chi connectivity index (χ4n) is 3.58. The van der Waals surface area contributed by atoms with Crippen molar-refractivity contribution in [2.24, 2.45) is 4.99 Å². The van der Waals surface area contributed by atoms with Gasteiger partial charge in [0.25, 0.3) is 0 Å². The average molecular weight is 428 g/mol. The number of aryl methyl sites for hydroxylation is 1. The number of aliphatic imine (C=N–C) groups is 1. The summed E-state index contributed by atoms with van der Waals surface area (Å²) >= 11 is 1.21. The zero-order chi connectivity index (χ0) is 22.1. The van der Waals surface area contributed by atoms with Crippen molar-refractivity contribution < 1.29 is 19.4 Å². The third-order valence-electron chi connectivity index (χ3n) is 4.96. The molecule has 0 fully saturated rings. The Morgan fingerprint density at radius 3 is 2.35 bits per heavy atom. The maximum absolute atomic E-state index is 12.8. The van der Waals surface area contributed by atoms with Gasteiger partial charge in [0, 0.05) is 21.6 Å². The first-order valence-corrected chi connectivity index (χ1v) is 10.1. The Labute approximate surface area is 182 Å². The topological polar surface area (TPSA) is 99.8 Å². The lowest BCUT2D eigenvalue weighted by atomic mass is 10.0. The maximum atomic E-state index is 12.8. The van der Waals surface area contributed by atoms with E-state index in [4.69, 9.17) is 4.74 Å². The molecule has 0 bridgehead atoms. The molecular formula is C24H16N2O4S. The molecule has 1 N–H and O–H groups in total. The molecule has 0 spiro atoms. The number of esters is 1. The summed E-state index contributed by atoms with van der Waals surface area (Å²) in [5, 5.41) is 20.6. The number of allylic oxidation sites excluding steroid dienone is 1. The Morgan fingerprint density at radius 2 is 1.74 bits per heavy atom. The van der Waals surface area contributed by atoms with E-state index in [1.807, 2.05) is 43.3 Å². The second kappa shape index (κ2) is 8.01. The van der Waals surface area contributed by atoms with Crippen LogP contribution in [-0.2, 0) is 4.74 Å². The van der Waals surface area contributed by atoms with Crippen LogP contribution >= 0.6 is 11.3 Å². The Bertz CT molecular complexity index is 1330. The number of nitriles is 1. The lowest BCUT2D eigenvalue weighted by molar-refractivity contribution is 0.0603. The number of carbonyl (C=O) groups excluding carboxylic acids is 2. The van der Waals surface area contributed by atoms with Crippen LogP contribution in [0, 0.1) is 18.3 Å². The van der Waals surface area contributed by atoms with E-state index in [0.717, 1.165) is 10.4 Å². The lowest BCUT2D eigenvalue weighted by Crippen LogP contribution is -2.09. The first kappa shape index (κ1) is 20.3. The first-order chi connectivity index (χ1) is 15.0. The summed E-state index contributed by atoms with van der Waals surface area (Å²) in [5.74, 6) is -1.37. The van der Waals surface area contributed by atoms with Crippen molar-refractivity contribution in [1.82, 2.24) is 0 Å². The molecule has 0 saturated carbocycles. The standard InChI is InChI=1S/C24H16N2O4S/c1-13-18(14-8-4-3-5-9-14)20(24(29)30-2)23(31-13)26-17(12-25)19-21(27)15-10-6-7-11-16(15)22(19)28/h3-11,27H,1-2H3/b26-17+. The summed E-state index contributed by atoms with van der Waals surface area (Å²) in [6, 6.07) is 17.8. The largest absolute Gasteiger partial charge is 0.506 e. The van der Waals surface area contributed by atoms with Crippen molar-refractivity contribution in [3.8, 4) is 17.2 Å². The van der Waals surface area contributed by atoms with Crippen molar-refractivity contribution in [1.29, 1.82) is 5.26 Å². The Kier molecular flexibility index (Phi) is 5.24. The summed E-state index contributed by atoms with van der Waals surface area (Å²) < 4.78 is 4.97. The van der Waals surface area contributed by atoms with Gasteiger partial charge in [0.15, 0.2) is 11.5 Å². The maximum Gasteiger partial charge on any atom is 0.341 e. The van der Waals surface area contributed by atoms with E-state index < -0.39 is 11.8 Å². The highest BCUT2D eigenvalue weighted by atomic mass is 32.1. The van der Waals surface area contributed by atoms with Crippen LogP contribution in [-0.4, -0.2) is 29.7 Å². The predicted molar refractivity (Wildman–Crippen MR) is 119 cm³/mol. The van der Waals surface area contributed by atoms with Crippen molar-refractivity contribution >= 4 is 39.6 Å². The number of aliphatic hydroxyl groups is 1. The number of nitrogens with zero attached hydrogens (tertiary/aromatic N) is 2. The number of benzene rings is 2. The second-order valence-corrected chi connectivity index (χ2v) is 7.94. The molecule has 0 unspecified atom stereocenters. The number of carbonyl (C=O) groups is 2. The van der Waals surface area contributed by atoms with Crippen molar-refractivity contribution in [3.05, 3.63) is 81.7 Å². The molecule has 4 rings (SSSR count). The summed E-state index contributed by atoms with van der Waals surface area (Å²) in [7, 11) is 1.27. The van der Waals surface area contributed by atoms with Crippen LogP contribution in [0.2, 0.25) is 0 Å². The van der Waals surface area contributed by atoms with Gasteiger partial charge in [0.2, 0.25) is 0 Å². The highest BCUT2D eigenvalue weighted by Gasteiger charge is 2.33. The van der Waals surface area contributed by atoms with Gasteiger partial charge >= 0.3 is 5.97 Å². The summed E-state index contributed by atoms with van der Waals surface area (Å²) in [5.41, 5.74) is 1.91. The predicted octanol–water partition coefficient (Wildman–Crippen LogP) is 5.27. The van der Waals surface area contributed by atoms with Crippen LogP contribution in [0.1, 0.15) is 31.2 Å². The molecule has 1 heterocycles. The molecule has 0 radical (unpaired) electrons. The van der Waals surface area contributed by atoms with E-state index in [9.17, 15) is 20.0 Å². The zero-order valence-electron chi connectivity index (χ0n) is 16.7. The van der Waals surface area contributed by atoms with E-state index in [2.05, 4.69) is 4.99 Å². The fraction of sp³-hybridized carbons (Fsp3) is 0.0833. The van der Waals surface area contributed by atoms with Gasteiger partial charge in [-0.3, -0.25) is 4.79 Å². The summed E-state index contributed by atoms with van der Waals surface area (Å²) in [6.45, 7) is 1.85. The third kappa shape index (κ3) is 3.33. The lowest BCUT2D eigenvalue weighted by Gasteiger charge is -2.06. The number of fused-ring (bicyclic) bond motifs is 1. The summed E-state index contributed by atoms with van der Waals surface area (Å²) in [4.78, 5) is 30.6. The van der Waals surface area contributed by atoms with E-state index in [-0.39, 0.29) is 27.6 Å². The molecule has 2 aromatic carbocycles. The van der Waals surface area contributed by atoms with Crippen LogP contribution in [0.3, 0.4) is 0 Å². The van der Waals surface area contributed by atoms with Gasteiger partial charge in [-0.1, -0.05) is 54.6 Å². The molecule has 0 aliphatic heterocycles. The second-order valence-electron chi connectivity index (χ2n) is 6.74. The van der Waals surface area contributed by atoms with E-state index in [0.29, 0.717) is 16.7 Å². The molecule has 152 valence electrons. The van der Waals surface area contributed by atoms with Crippen molar-refractivity contribution in [2.45, 2.75) is 6.92 Å². The monoisotopic (exact) mass is 428 g/mol. The molecule has 1 aliphatic carbocycles. The number of thiophene rings is 1. The molecular weight excluding hydrogens is 412 g/mol. The van der Waals surface area contributed by atoms with Crippen LogP contribution in [0.4, 0.5) is 5.00 Å². The fourth-order valence-corrected chi connectivity index (χ4v) is 4.61. The Hall–Kier alpha value is -4.02. The molecule has 0 atom stereocenters. The number of rotatable bonds is 4. The highest BCUT2D eigenvalue weighted by molar-refractivity contribution is 7.16. The summed E-state index contributed by atoms with van der Waals surface area (Å²) in [6.07, 6.45) is 0. The van der Waals surface area contributed by atoms with E-state index in [1.165, 1.54) is 18.4 Å². The van der Waals surface area contributed by atoms with E-state index in [1.54, 1.807) is 24.3 Å². The number of aliphatic hydroxyl groups excluding tert-OH is 1. The van der Waals surface area contributed by atoms with Gasteiger partial charge in [-0.25, -0.2) is 9.79 Å². The van der Waals surface area contributed by atoms with Gasteiger partial charge in [-0.15, -0.1) is 11.3 Å². The minimum atomic E-state index is -0.599. The molecule has 0 saturated heterocycles. The highest BCUT2D eigenvalue weighted by Crippen LogP contribution is 2.43. The van der Waals surface area contributed by atoms with Crippen LogP contribution < -0.4 is 0 Å². The number of methoxy groups -OCH3 is 1. The van der Waals surface area contributed by atoms with Crippen LogP contribution in [0.25, 0.3) is 16.9 Å². The number of ether oxygens (including phenoxy) is 1. The molecule has 1 aliphatic rings. The third-order valence-corrected chi connectivity index (χ3v) is 5.96. The molecule has 7 heteroatoms. The van der Waals surface area contributed by atoms with Gasteiger partial charge in [-0.2, -0.15) is 5.26 Å². The van der Waals surface area contributed by atoms with E-state index >= 15 is 0 Å². The van der Waals surface area contributed by atoms with Gasteiger partial charge in [-0.05, 0) is 12.5 Å².